The van der Waals surface area contributed by atoms with Crippen molar-refractivity contribution in [2.45, 2.75) is 31.3 Å². The number of hydrogen-bond acceptors (Lipinski definition) is 5. The molecule has 0 spiro atoms. The number of carbonyl (C=O) groups excluding carboxylic acids is 1. The molecule has 9 heteroatoms. The summed E-state index contributed by atoms with van der Waals surface area (Å²) in [4.78, 5) is 12.9. The number of hydrogen-bond donors (Lipinski definition) is 1. The van der Waals surface area contributed by atoms with Crippen LogP contribution < -0.4 is 14.8 Å². The predicted octanol–water partition coefficient (Wildman–Crippen LogP) is 5.36. The van der Waals surface area contributed by atoms with E-state index in [1.54, 1.807) is 18.2 Å². The molecule has 1 fully saturated rings. The highest BCUT2D eigenvalue weighted by molar-refractivity contribution is 7.89. The highest BCUT2D eigenvalue weighted by Crippen LogP contribution is 2.31. The van der Waals surface area contributed by atoms with Crippen molar-refractivity contribution in [1.82, 2.24) is 4.31 Å². The molecule has 7 nitrogen and oxygen atoms in total. The minimum atomic E-state index is -3.71. The predicted molar refractivity (Wildman–Crippen MR) is 140 cm³/mol. The van der Waals surface area contributed by atoms with Crippen molar-refractivity contribution in [2.24, 2.45) is 5.92 Å². The van der Waals surface area contributed by atoms with Crippen molar-refractivity contribution in [3.8, 4) is 11.5 Å². The Hall–Kier alpha value is -3.07. The van der Waals surface area contributed by atoms with Gasteiger partial charge in [0.15, 0.2) is 0 Å². The minimum Gasteiger partial charge on any atom is -0.492 e. The molecule has 0 atom stereocenters. The number of rotatable bonds is 9. The number of sulfonamides is 1. The van der Waals surface area contributed by atoms with E-state index in [1.165, 1.54) is 16.4 Å². The van der Waals surface area contributed by atoms with E-state index in [0.29, 0.717) is 43.2 Å². The lowest BCUT2D eigenvalue weighted by Crippen LogP contribution is -2.41. The summed E-state index contributed by atoms with van der Waals surface area (Å²) < 4.78 is 38.7. The number of piperidine rings is 1. The van der Waals surface area contributed by atoms with Crippen LogP contribution in [0.1, 0.15) is 25.3 Å². The number of ether oxygens (including phenoxy) is 2. The van der Waals surface area contributed by atoms with Crippen LogP contribution in [-0.4, -0.2) is 38.3 Å². The van der Waals surface area contributed by atoms with Gasteiger partial charge in [0.25, 0.3) is 0 Å². The zero-order valence-corrected chi connectivity index (χ0v) is 21.6. The zero-order valence-electron chi connectivity index (χ0n) is 20.0. The van der Waals surface area contributed by atoms with Crippen molar-refractivity contribution in [3.63, 3.8) is 0 Å². The topological polar surface area (TPSA) is 84.9 Å². The lowest BCUT2D eigenvalue weighted by atomic mass is 9.97. The highest BCUT2D eigenvalue weighted by Gasteiger charge is 2.32. The quantitative estimate of drug-likeness (QED) is 0.404. The molecule has 0 radical (unpaired) electrons. The summed E-state index contributed by atoms with van der Waals surface area (Å²) in [7, 11) is -3.71. The largest absolute Gasteiger partial charge is 0.492 e. The van der Waals surface area contributed by atoms with E-state index in [0.717, 1.165) is 5.56 Å². The molecule has 1 amide bonds. The van der Waals surface area contributed by atoms with Gasteiger partial charge in [0, 0.05) is 24.7 Å². The summed E-state index contributed by atoms with van der Waals surface area (Å²) in [6.07, 6.45) is 0.877. The second-order valence-corrected chi connectivity index (χ2v) is 10.8. The van der Waals surface area contributed by atoms with Gasteiger partial charge in [0.05, 0.1) is 16.5 Å². The molecular weight excluding hydrogens is 500 g/mol. The summed E-state index contributed by atoms with van der Waals surface area (Å²) in [6, 6.07) is 21.6. The molecule has 1 N–H and O–H groups in total. The summed E-state index contributed by atoms with van der Waals surface area (Å²) in [5.74, 6) is 0.775. The zero-order chi connectivity index (χ0) is 25.5. The maximum atomic E-state index is 13.1. The molecule has 0 aliphatic carbocycles. The van der Waals surface area contributed by atoms with Crippen LogP contribution in [-0.2, 0) is 21.4 Å². The van der Waals surface area contributed by atoms with Gasteiger partial charge >= 0.3 is 0 Å². The number of halogens is 1. The molecule has 3 aromatic carbocycles. The van der Waals surface area contributed by atoms with Gasteiger partial charge in [-0.25, -0.2) is 8.42 Å². The van der Waals surface area contributed by atoms with Gasteiger partial charge in [-0.1, -0.05) is 41.9 Å². The van der Waals surface area contributed by atoms with Gasteiger partial charge in [-0.15, -0.1) is 0 Å². The Morgan fingerprint density at radius 1 is 1.00 bits per heavy atom. The van der Waals surface area contributed by atoms with E-state index in [9.17, 15) is 13.2 Å². The van der Waals surface area contributed by atoms with Crippen LogP contribution in [0.3, 0.4) is 0 Å². The first-order valence-electron chi connectivity index (χ1n) is 11.9. The van der Waals surface area contributed by atoms with Crippen molar-refractivity contribution < 1.29 is 22.7 Å². The Kier molecular flexibility index (Phi) is 8.51. The van der Waals surface area contributed by atoms with Crippen LogP contribution in [0.4, 0.5) is 5.69 Å². The Morgan fingerprint density at radius 3 is 2.33 bits per heavy atom. The average Bonchev–Trinajstić information content (AvgIpc) is 2.90. The van der Waals surface area contributed by atoms with Gasteiger partial charge in [0.2, 0.25) is 15.9 Å². The van der Waals surface area contributed by atoms with Gasteiger partial charge < -0.3 is 14.8 Å². The van der Waals surface area contributed by atoms with E-state index in [4.69, 9.17) is 21.1 Å². The van der Waals surface area contributed by atoms with E-state index < -0.39 is 10.0 Å². The fourth-order valence-electron chi connectivity index (χ4n) is 4.04. The lowest BCUT2D eigenvalue weighted by Gasteiger charge is -2.30. The Labute approximate surface area is 217 Å². The van der Waals surface area contributed by atoms with Crippen LogP contribution in [0.25, 0.3) is 0 Å². The monoisotopic (exact) mass is 528 g/mol. The van der Waals surface area contributed by atoms with Crippen LogP contribution in [0.15, 0.2) is 77.7 Å². The SMILES string of the molecule is CCOc1ccc(S(=O)(=O)N2CCC(C(=O)Nc3ccc(OCc4ccccc4)cc3)CC2)cc1Cl. The van der Waals surface area contributed by atoms with Crippen molar-refractivity contribution in [2.75, 3.05) is 25.0 Å². The molecule has 1 saturated heterocycles. The maximum Gasteiger partial charge on any atom is 0.243 e. The summed E-state index contributed by atoms with van der Waals surface area (Å²) in [5.41, 5.74) is 1.75. The number of nitrogens with one attached hydrogen (secondary N) is 1. The summed E-state index contributed by atoms with van der Waals surface area (Å²) >= 11 is 6.18. The molecule has 36 heavy (non-hydrogen) atoms. The number of benzene rings is 3. The first kappa shape index (κ1) is 26.0. The van der Waals surface area contributed by atoms with Crippen LogP contribution in [0, 0.1) is 5.92 Å². The van der Waals surface area contributed by atoms with Crippen LogP contribution in [0.2, 0.25) is 5.02 Å². The fourth-order valence-corrected chi connectivity index (χ4v) is 5.84. The third kappa shape index (κ3) is 6.37. The number of carbonyl (C=O) groups is 1. The molecule has 0 aromatic heterocycles. The average molecular weight is 529 g/mol. The normalized spacial score (nSPS) is 14.8. The molecule has 1 heterocycles. The molecule has 3 aromatic rings. The number of nitrogens with zero attached hydrogens (tertiary/aromatic N) is 1. The number of amides is 1. The van der Waals surface area contributed by atoms with E-state index in [1.807, 2.05) is 49.4 Å². The smallest absolute Gasteiger partial charge is 0.243 e. The Morgan fingerprint density at radius 2 is 1.69 bits per heavy atom. The van der Waals surface area contributed by atoms with E-state index >= 15 is 0 Å². The molecule has 1 aliphatic heterocycles. The standard InChI is InChI=1S/C27H29ClN2O5S/c1-2-34-26-13-12-24(18-25(26)28)36(32,33)30-16-14-21(15-17-30)27(31)29-22-8-10-23(11-9-22)35-19-20-6-4-3-5-7-20/h3-13,18,21H,2,14-17,19H2,1H3,(H,29,31). The first-order valence-corrected chi connectivity index (χ1v) is 13.7. The molecule has 190 valence electrons. The third-order valence-corrected chi connectivity index (χ3v) is 8.23. The second kappa shape index (κ2) is 11.8. The van der Waals surface area contributed by atoms with Crippen LogP contribution in [0.5, 0.6) is 11.5 Å². The third-order valence-electron chi connectivity index (χ3n) is 6.04. The van der Waals surface area contributed by atoms with E-state index in [2.05, 4.69) is 5.32 Å². The summed E-state index contributed by atoms with van der Waals surface area (Å²) in [5, 5.41) is 3.18. The minimum absolute atomic E-state index is 0.117. The summed E-state index contributed by atoms with van der Waals surface area (Å²) in [6.45, 7) is 3.26. The molecule has 1 aliphatic rings. The molecule has 0 bridgehead atoms. The van der Waals surface area contributed by atoms with Gasteiger partial charge in [-0.3, -0.25) is 4.79 Å². The van der Waals surface area contributed by atoms with Crippen molar-refractivity contribution in [3.05, 3.63) is 83.4 Å². The first-order chi connectivity index (χ1) is 17.4. The Balaban J connectivity index is 1.29. The van der Waals surface area contributed by atoms with E-state index in [-0.39, 0.29) is 34.8 Å². The molecular formula is C27H29ClN2O5S. The van der Waals surface area contributed by atoms with Gasteiger partial charge in [-0.2, -0.15) is 4.31 Å². The number of anilines is 1. The Bertz CT molecular complexity index is 1280. The highest BCUT2D eigenvalue weighted by atomic mass is 35.5. The second-order valence-electron chi connectivity index (χ2n) is 8.49. The fraction of sp³-hybridized carbons (Fsp3) is 0.296. The van der Waals surface area contributed by atoms with Gasteiger partial charge in [-0.05, 0) is 67.8 Å². The maximum absolute atomic E-state index is 13.1. The molecule has 0 unspecified atom stereocenters. The lowest BCUT2D eigenvalue weighted by molar-refractivity contribution is -0.120. The van der Waals surface area contributed by atoms with Crippen molar-refractivity contribution >= 4 is 33.2 Å². The van der Waals surface area contributed by atoms with Crippen molar-refractivity contribution in [1.29, 1.82) is 0 Å². The van der Waals surface area contributed by atoms with Gasteiger partial charge in [0.1, 0.15) is 18.1 Å². The molecule has 0 saturated carbocycles. The van der Waals surface area contributed by atoms with Crippen LogP contribution >= 0.6 is 11.6 Å². The molecule has 4 rings (SSSR count).